The minimum absolute atomic E-state index is 0.0858. The molecule has 0 radical (unpaired) electrons. The topological polar surface area (TPSA) is 75.2 Å². The summed E-state index contributed by atoms with van der Waals surface area (Å²) in [5, 5.41) is 6.30. The van der Waals surface area contributed by atoms with Gasteiger partial charge in [0.15, 0.2) is 0 Å². The molecule has 0 saturated heterocycles. The maximum atomic E-state index is 13.9. The van der Waals surface area contributed by atoms with Crippen LogP contribution in [0.15, 0.2) is 47.4 Å². The summed E-state index contributed by atoms with van der Waals surface area (Å²) in [5.74, 6) is 0.416. The van der Waals surface area contributed by atoms with Crippen molar-refractivity contribution in [2.75, 3.05) is 22.3 Å². The lowest BCUT2D eigenvalue weighted by atomic mass is 10.1. The fourth-order valence-corrected chi connectivity index (χ4v) is 5.59. The fraction of sp³-hybridized carbons (Fsp3) is 0.259. The van der Waals surface area contributed by atoms with Gasteiger partial charge in [-0.05, 0) is 75.2 Å². The van der Waals surface area contributed by atoms with Crippen LogP contribution in [0.3, 0.4) is 0 Å². The Kier molecular flexibility index (Phi) is 7.70. The smallest absolute Gasteiger partial charge is 0.261 e. The zero-order chi connectivity index (χ0) is 26.0. The SMILES string of the molecule is CCNC(=O)c1cc2c(s1)c(=O)c(C)cn2-c1cc(NSCC)ccc1Nc1c(C)cc(F)cc1C. The Hall–Kier alpha value is -3.30. The Bertz CT molecular complexity index is 1490. The minimum atomic E-state index is -0.277. The molecule has 0 atom stereocenters. The second kappa shape index (κ2) is 10.8. The lowest BCUT2D eigenvalue weighted by Crippen LogP contribution is -2.21. The number of carbonyl (C=O) groups is 1. The first-order valence-corrected chi connectivity index (χ1v) is 13.5. The quantitative estimate of drug-likeness (QED) is 0.224. The van der Waals surface area contributed by atoms with E-state index in [1.54, 1.807) is 31.1 Å². The summed E-state index contributed by atoms with van der Waals surface area (Å²) in [5.41, 5.74) is 6.04. The Morgan fingerprint density at radius 2 is 1.78 bits per heavy atom. The molecule has 0 unspecified atom stereocenters. The Morgan fingerprint density at radius 1 is 1.06 bits per heavy atom. The van der Waals surface area contributed by atoms with Crippen LogP contribution in [0.5, 0.6) is 0 Å². The molecule has 3 N–H and O–H groups in total. The zero-order valence-electron chi connectivity index (χ0n) is 20.9. The van der Waals surface area contributed by atoms with Crippen molar-refractivity contribution >= 4 is 56.5 Å². The molecule has 0 aliphatic heterocycles. The van der Waals surface area contributed by atoms with E-state index in [0.717, 1.165) is 39.6 Å². The molecule has 0 spiro atoms. The van der Waals surface area contributed by atoms with Crippen molar-refractivity contribution in [3.8, 4) is 5.69 Å². The highest BCUT2D eigenvalue weighted by Gasteiger charge is 2.18. The summed E-state index contributed by atoms with van der Waals surface area (Å²) in [6.45, 7) is 9.94. The molecule has 9 heteroatoms. The second-order valence-electron chi connectivity index (χ2n) is 8.50. The molecule has 0 saturated carbocycles. The number of hydrogen-bond donors (Lipinski definition) is 3. The molecular weight excluding hydrogens is 495 g/mol. The molecule has 2 aromatic carbocycles. The van der Waals surface area contributed by atoms with Gasteiger partial charge in [-0.25, -0.2) is 4.39 Å². The third-order valence-electron chi connectivity index (χ3n) is 5.77. The first kappa shape index (κ1) is 25.8. The monoisotopic (exact) mass is 524 g/mol. The van der Waals surface area contributed by atoms with Crippen LogP contribution in [0.2, 0.25) is 0 Å². The van der Waals surface area contributed by atoms with Crippen molar-refractivity contribution in [1.82, 2.24) is 9.88 Å². The van der Waals surface area contributed by atoms with Crippen LogP contribution in [-0.2, 0) is 0 Å². The highest BCUT2D eigenvalue weighted by molar-refractivity contribution is 8.00. The van der Waals surface area contributed by atoms with E-state index in [1.165, 1.54) is 23.5 Å². The average Bonchev–Trinajstić information content (AvgIpc) is 3.29. The normalized spacial score (nSPS) is 11.1. The zero-order valence-corrected chi connectivity index (χ0v) is 22.5. The van der Waals surface area contributed by atoms with Gasteiger partial charge >= 0.3 is 0 Å². The summed E-state index contributed by atoms with van der Waals surface area (Å²) in [7, 11) is 0. The molecule has 0 bridgehead atoms. The summed E-state index contributed by atoms with van der Waals surface area (Å²) in [6, 6.07) is 10.7. The van der Waals surface area contributed by atoms with Crippen molar-refractivity contribution < 1.29 is 9.18 Å². The van der Waals surface area contributed by atoms with Gasteiger partial charge < -0.3 is 19.9 Å². The molecule has 1 amide bonds. The average molecular weight is 525 g/mol. The summed E-state index contributed by atoms with van der Waals surface area (Å²) in [6.07, 6.45) is 1.81. The van der Waals surface area contributed by atoms with Crippen LogP contribution < -0.4 is 20.8 Å². The highest BCUT2D eigenvalue weighted by atomic mass is 32.2. The molecular formula is C27H29FN4O2S2. The van der Waals surface area contributed by atoms with Crippen molar-refractivity contribution in [2.45, 2.75) is 34.6 Å². The summed E-state index contributed by atoms with van der Waals surface area (Å²) in [4.78, 5) is 26.1. The van der Waals surface area contributed by atoms with E-state index in [4.69, 9.17) is 0 Å². The van der Waals surface area contributed by atoms with Gasteiger partial charge in [0.2, 0.25) is 5.43 Å². The van der Waals surface area contributed by atoms with Crippen LogP contribution in [0.25, 0.3) is 15.9 Å². The van der Waals surface area contributed by atoms with E-state index in [1.807, 2.05) is 43.5 Å². The van der Waals surface area contributed by atoms with Crippen LogP contribution in [-0.4, -0.2) is 22.8 Å². The van der Waals surface area contributed by atoms with Gasteiger partial charge in [0.05, 0.1) is 26.5 Å². The molecule has 0 fully saturated rings. The number of halogens is 1. The number of thiophene rings is 1. The van der Waals surface area contributed by atoms with Crippen LogP contribution in [0.4, 0.5) is 21.5 Å². The molecule has 36 heavy (non-hydrogen) atoms. The molecule has 188 valence electrons. The number of hydrogen-bond acceptors (Lipinski definition) is 6. The Morgan fingerprint density at radius 3 is 2.44 bits per heavy atom. The number of aryl methyl sites for hydroxylation is 3. The largest absolute Gasteiger partial charge is 0.353 e. The number of nitrogens with zero attached hydrogens (tertiary/aromatic N) is 1. The number of benzene rings is 2. The molecule has 2 aromatic heterocycles. The van der Waals surface area contributed by atoms with Crippen molar-refractivity contribution in [3.63, 3.8) is 0 Å². The van der Waals surface area contributed by atoms with Gasteiger partial charge in [0.1, 0.15) is 5.82 Å². The molecule has 0 aliphatic rings. The van der Waals surface area contributed by atoms with Gasteiger partial charge in [-0.15, -0.1) is 11.3 Å². The van der Waals surface area contributed by atoms with E-state index in [2.05, 4.69) is 22.3 Å². The van der Waals surface area contributed by atoms with Gasteiger partial charge in [-0.3, -0.25) is 9.59 Å². The van der Waals surface area contributed by atoms with Gasteiger partial charge in [-0.2, -0.15) is 0 Å². The molecule has 6 nitrogen and oxygen atoms in total. The van der Waals surface area contributed by atoms with Crippen molar-refractivity contribution in [2.24, 2.45) is 0 Å². The van der Waals surface area contributed by atoms with E-state index in [9.17, 15) is 14.0 Å². The van der Waals surface area contributed by atoms with E-state index in [-0.39, 0.29) is 17.2 Å². The fourth-order valence-electron chi connectivity index (χ4n) is 4.08. The number of pyridine rings is 1. The first-order valence-electron chi connectivity index (χ1n) is 11.7. The van der Waals surface area contributed by atoms with E-state index in [0.29, 0.717) is 27.2 Å². The number of rotatable bonds is 8. The van der Waals surface area contributed by atoms with Crippen LogP contribution >= 0.6 is 23.3 Å². The summed E-state index contributed by atoms with van der Waals surface area (Å²) >= 11 is 2.78. The Labute approximate surface area is 218 Å². The van der Waals surface area contributed by atoms with Crippen LogP contribution in [0, 0.1) is 26.6 Å². The lowest BCUT2D eigenvalue weighted by molar-refractivity contribution is 0.0960. The van der Waals surface area contributed by atoms with Crippen molar-refractivity contribution in [1.29, 1.82) is 0 Å². The highest BCUT2D eigenvalue weighted by Crippen LogP contribution is 2.34. The van der Waals surface area contributed by atoms with E-state index < -0.39 is 0 Å². The number of amides is 1. The van der Waals surface area contributed by atoms with Gasteiger partial charge in [0.25, 0.3) is 5.91 Å². The molecule has 2 heterocycles. The van der Waals surface area contributed by atoms with E-state index >= 15 is 0 Å². The minimum Gasteiger partial charge on any atom is -0.353 e. The number of anilines is 3. The standard InChI is InChI=1S/C27H29FN4O2S2/c1-6-29-27(34)23-13-22-26(36-23)25(33)17(5)14-32(22)21-12-19(31-35-7-2)8-9-20(21)30-24-15(3)10-18(28)11-16(24)4/h8-14,30-31H,6-7H2,1-5H3,(H,29,34). The molecule has 4 rings (SSSR count). The maximum absolute atomic E-state index is 13.9. The van der Waals surface area contributed by atoms with Gasteiger partial charge in [-0.1, -0.05) is 18.9 Å². The maximum Gasteiger partial charge on any atom is 0.261 e. The number of nitrogens with one attached hydrogen (secondary N) is 3. The van der Waals surface area contributed by atoms with Crippen molar-refractivity contribution in [3.05, 3.63) is 80.2 Å². The number of aromatic nitrogens is 1. The van der Waals surface area contributed by atoms with Crippen LogP contribution in [0.1, 0.15) is 40.2 Å². The summed E-state index contributed by atoms with van der Waals surface area (Å²) < 4.78 is 19.8. The first-order chi connectivity index (χ1) is 17.2. The number of carbonyl (C=O) groups excluding carboxylic acids is 1. The Balaban J connectivity index is 1.94. The molecule has 4 aromatic rings. The third-order valence-corrected chi connectivity index (χ3v) is 7.56. The van der Waals surface area contributed by atoms with Gasteiger partial charge in [0, 0.05) is 35.4 Å². The second-order valence-corrected chi connectivity index (χ2v) is 10.6. The molecule has 0 aliphatic carbocycles. The predicted octanol–water partition coefficient (Wildman–Crippen LogP) is 6.69. The predicted molar refractivity (Wildman–Crippen MR) is 151 cm³/mol. The third kappa shape index (κ3) is 5.12. The number of fused-ring (bicyclic) bond motifs is 1. The lowest BCUT2D eigenvalue weighted by Gasteiger charge is -2.20.